The molecule has 0 aliphatic heterocycles. The van der Waals surface area contributed by atoms with Crippen molar-refractivity contribution >= 4 is 11.9 Å². The average molecular weight is 555 g/mol. The Labute approximate surface area is 234 Å². The van der Waals surface area contributed by atoms with Crippen molar-refractivity contribution in [3.05, 3.63) is 29.8 Å². The monoisotopic (exact) mass is 554 g/mol. The van der Waals surface area contributed by atoms with E-state index in [1.165, 1.54) is 50.5 Å². The van der Waals surface area contributed by atoms with Gasteiger partial charge in [-0.05, 0) is 37.0 Å². The third-order valence-corrected chi connectivity index (χ3v) is 5.85. The van der Waals surface area contributed by atoms with Gasteiger partial charge >= 0.3 is 11.9 Å². The molecular formula is C30H50O9. The number of carbonyl (C=O) groups is 2. The quantitative estimate of drug-likeness (QED) is 0.110. The first-order valence-electron chi connectivity index (χ1n) is 14.5. The molecule has 0 aliphatic carbocycles. The normalized spacial score (nSPS) is 11.0. The lowest BCUT2D eigenvalue weighted by atomic mass is 10.0. The van der Waals surface area contributed by atoms with Gasteiger partial charge in [0.1, 0.15) is 19.0 Å². The first-order valence-corrected chi connectivity index (χ1v) is 14.5. The Morgan fingerprint density at radius 2 is 1.15 bits per heavy atom. The lowest BCUT2D eigenvalue weighted by Gasteiger charge is -2.09. The summed E-state index contributed by atoms with van der Waals surface area (Å²) in [5.74, 6) is -0.533. The summed E-state index contributed by atoms with van der Waals surface area (Å²) in [6.45, 7) is 6.41. The molecule has 224 valence electrons. The van der Waals surface area contributed by atoms with Crippen LogP contribution in [0.2, 0.25) is 0 Å². The number of hydrogen-bond acceptors (Lipinski definition) is 8. The molecule has 0 saturated carbocycles. The Bertz CT molecular complexity index is 709. The number of benzene rings is 1. The van der Waals surface area contributed by atoms with Crippen LogP contribution in [0.4, 0.5) is 0 Å². The highest BCUT2D eigenvalue weighted by Gasteiger charge is 2.04. The van der Waals surface area contributed by atoms with Gasteiger partial charge in [0.15, 0.2) is 0 Å². The second-order valence-electron chi connectivity index (χ2n) is 9.28. The van der Waals surface area contributed by atoms with E-state index in [0.717, 1.165) is 12.2 Å². The van der Waals surface area contributed by atoms with Crippen LogP contribution in [0.5, 0.6) is 5.75 Å². The van der Waals surface area contributed by atoms with E-state index in [9.17, 15) is 9.59 Å². The minimum absolute atomic E-state index is 0.0973. The summed E-state index contributed by atoms with van der Waals surface area (Å²) in [5, 5.41) is 8.48. The predicted molar refractivity (Wildman–Crippen MR) is 149 cm³/mol. The third kappa shape index (κ3) is 23.4. The van der Waals surface area contributed by atoms with Crippen LogP contribution in [0, 0.1) is 0 Å². The van der Waals surface area contributed by atoms with E-state index < -0.39 is 11.9 Å². The summed E-state index contributed by atoms with van der Waals surface area (Å²) in [5.41, 5.74) is 1.37. The summed E-state index contributed by atoms with van der Waals surface area (Å²) in [4.78, 5) is 21.7. The summed E-state index contributed by atoms with van der Waals surface area (Å²) in [6, 6.07) is 8.38. The van der Waals surface area contributed by atoms with Crippen LogP contribution in [0.1, 0.15) is 76.7 Å². The van der Waals surface area contributed by atoms with Crippen molar-refractivity contribution < 1.29 is 43.1 Å². The van der Waals surface area contributed by atoms with Crippen molar-refractivity contribution in [2.45, 2.75) is 77.6 Å². The number of esters is 1. The first-order chi connectivity index (χ1) is 19.1. The van der Waals surface area contributed by atoms with Gasteiger partial charge in [0.2, 0.25) is 0 Å². The maximum Gasteiger partial charge on any atom is 0.306 e. The van der Waals surface area contributed by atoms with Gasteiger partial charge in [-0.15, -0.1) is 0 Å². The van der Waals surface area contributed by atoms with E-state index in [1.54, 1.807) is 0 Å². The summed E-state index contributed by atoms with van der Waals surface area (Å²) in [6.07, 6.45) is 11.0. The number of aryl methyl sites for hydroxylation is 1. The van der Waals surface area contributed by atoms with Gasteiger partial charge in [-0.3, -0.25) is 9.59 Å². The zero-order valence-electron chi connectivity index (χ0n) is 23.9. The molecule has 1 rings (SSSR count). The minimum atomic E-state index is -0.989. The van der Waals surface area contributed by atoms with E-state index in [0.29, 0.717) is 65.9 Å². The molecule has 0 spiro atoms. The van der Waals surface area contributed by atoms with Crippen molar-refractivity contribution in [1.29, 1.82) is 0 Å². The highest BCUT2D eigenvalue weighted by Crippen LogP contribution is 2.15. The van der Waals surface area contributed by atoms with Crippen LogP contribution < -0.4 is 4.74 Å². The molecule has 0 heterocycles. The predicted octanol–water partition coefficient (Wildman–Crippen LogP) is 5.22. The minimum Gasteiger partial charge on any atom is -0.491 e. The Kier molecular flexibility index (Phi) is 23.3. The molecule has 1 aromatic carbocycles. The van der Waals surface area contributed by atoms with Gasteiger partial charge in [-0.2, -0.15) is 0 Å². The number of aliphatic carboxylic acids is 1. The van der Waals surface area contributed by atoms with Crippen LogP contribution in [0.15, 0.2) is 24.3 Å². The zero-order valence-corrected chi connectivity index (χ0v) is 23.9. The topological polar surface area (TPSA) is 110 Å². The summed E-state index contributed by atoms with van der Waals surface area (Å²) in [7, 11) is 0. The number of ether oxygens (including phenoxy) is 6. The maximum atomic E-state index is 11.4. The van der Waals surface area contributed by atoms with Gasteiger partial charge in [-0.1, -0.05) is 57.6 Å². The Morgan fingerprint density at radius 3 is 1.74 bits per heavy atom. The summed E-state index contributed by atoms with van der Waals surface area (Å²) < 4.78 is 32.4. The maximum absolute atomic E-state index is 11.4. The Balaban J connectivity index is 1.81. The van der Waals surface area contributed by atoms with E-state index in [1.807, 2.05) is 12.1 Å². The molecule has 0 saturated heterocycles. The van der Waals surface area contributed by atoms with Gasteiger partial charge in [0.05, 0.1) is 52.7 Å². The number of carbonyl (C=O) groups excluding carboxylic acids is 1. The molecule has 0 aliphatic rings. The second-order valence-corrected chi connectivity index (χ2v) is 9.28. The molecule has 0 bridgehead atoms. The number of unbranched alkanes of at least 4 members (excludes halogenated alkanes) is 6. The molecule has 0 atom stereocenters. The molecule has 0 aromatic heterocycles. The fraction of sp³-hybridized carbons (Fsp3) is 0.733. The molecule has 1 aromatic rings. The number of carboxylic acid groups (broad SMARTS) is 1. The van der Waals surface area contributed by atoms with E-state index in [4.69, 9.17) is 33.5 Å². The lowest BCUT2D eigenvalue weighted by molar-refractivity contribution is -0.146. The van der Waals surface area contributed by atoms with Crippen molar-refractivity contribution in [3.8, 4) is 5.75 Å². The van der Waals surface area contributed by atoms with Crippen LogP contribution in [0.3, 0.4) is 0 Å². The van der Waals surface area contributed by atoms with Crippen molar-refractivity contribution in [2.24, 2.45) is 0 Å². The van der Waals surface area contributed by atoms with Gasteiger partial charge in [-0.25, -0.2) is 0 Å². The van der Waals surface area contributed by atoms with Crippen molar-refractivity contribution in [3.63, 3.8) is 0 Å². The molecule has 9 heteroatoms. The smallest absolute Gasteiger partial charge is 0.306 e. The summed E-state index contributed by atoms with van der Waals surface area (Å²) >= 11 is 0. The van der Waals surface area contributed by atoms with Crippen LogP contribution in [-0.4, -0.2) is 83.1 Å². The Morgan fingerprint density at radius 1 is 0.615 bits per heavy atom. The van der Waals surface area contributed by atoms with Crippen LogP contribution in [0.25, 0.3) is 0 Å². The van der Waals surface area contributed by atoms with E-state index in [-0.39, 0.29) is 19.4 Å². The number of rotatable bonds is 28. The zero-order chi connectivity index (χ0) is 28.2. The molecule has 0 unspecified atom stereocenters. The van der Waals surface area contributed by atoms with Crippen molar-refractivity contribution in [2.75, 3.05) is 66.1 Å². The third-order valence-electron chi connectivity index (χ3n) is 5.85. The van der Waals surface area contributed by atoms with Gasteiger partial charge in [0, 0.05) is 13.0 Å². The molecule has 0 fully saturated rings. The number of carboxylic acids is 1. The van der Waals surface area contributed by atoms with E-state index >= 15 is 0 Å². The van der Waals surface area contributed by atoms with E-state index in [2.05, 4.69) is 19.1 Å². The first kappa shape index (κ1) is 34.8. The van der Waals surface area contributed by atoms with Crippen molar-refractivity contribution in [1.82, 2.24) is 0 Å². The highest BCUT2D eigenvalue weighted by atomic mass is 16.6. The highest BCUT2D eigenvalue weighted by molar-refractivity contribution is 5.70. The largest absolute Gasteiger partial charge is 0.491 e. The fourth-order valence-corrected chi connectivity index (χ4v) is 3.66. The van der Waals surface area contributed by atoms with Crippen LogP contribution >= 0.6 is 0 Å². The van der Waals surface area contributed by atoms with Crippen LogP contribution in [-0.2, 0) is 39.7 Å². The van der Waals surface area contributed by atoms with Gasteiger partial charge < -0.3 is 33.5 Å². The molecule has 0 amide bonds. The molecule has 0 radical (unpaired) electrons. The molecule has 1 N–H and O–H groups in total. The average Bonchev–Trinajstić information content (AvgIpc) is 2.93. The molecule has 9 nitrogen and oxygen atoms in total. The van der Waals surface area contributed by atoms with Gasteiger partial charge in [0.25, 0.3) is 0 Å². The second kappa shape index (κ2) is 26.0. The standard InChI is InChI=1S/C30H50O9/c1-2-3-4-5-6-7-8-10-27-12-14-28(15-13-27)38-26-25-37-24-23-36-22-21-35-20-19-34-17-9-11-30(33)39-18-16-29(31)32/h12-15H,2-11,16-26H2,1H3,(H,31,32). The Hall–Kier alpha value is -2.20. The lowest BCUT2D eigenvalue weighted by Crippen LogP contribution is -2.14. The number of hydrogen-bond donors (Lipinski definition) is 1. The fourth-order valence-electron chi connectivity index (χ4n) is 3.66. The molecule has 39 heavy (non-hydrogen) atoms. The molecular weight excluding hydrogens is 504 g/mol. The SMILES string of the molecule is CCCCCCCCCc1ccc(OCCOCCOCCOCCOCCCC(=O)OCCC(=O)O)cc1.